The van der Waals surface area contributed by atoms with E-state index in [0.717, 1.165) is 24.1 Å². The number of likely N-dealkylation sites (tertiary alicyclic amines) is 1. The number of aliphatic hydroxyl groups excluding tert-OH is 1. The molecule has 1 atom stereocenters. The molecule has 10 nitrogen and oxygen atoms in total. The van der Waals surface area contributed by atoms with Crippen molar-refractivity contribution in [2.24, 2.45) is 0 Å². The van der Waals surface area contributed by atoms with E-state index >= 15 is 0 Å². The number of hydroxylamine groups is 1. The number of nitrogens with one attached hydrogen (secondary N) is 1. The predicted molar refractivity (Wildman–Crippen MR) is 147 cm³/mol. The first kappa shape index (κ1) is 28.8. The summed E-state index contributed by atoms with van der Waals surface area (Å²) < 4.78 is 11.0. The van der Waals surface area contributed by atoms with E-state index in [0.29, 0.717) is 57.4 Å². The van der Waals surface area contributed by atoms with Crippen LogP contribution in [0.25, 0.3) is 0 Å². The molecule has 10 heteroatoms. The van der Waals surface area contributed by atoms with Gasteiger partial charge in [0.1, 0.15) is 5.60 Å². The van der Waals surface area contributed by atoms with Gasteiger partial charge in [-0.1, -0.05) is 24.3 Å². The van der Waals surface area contributed by atoms with E-state index in [9.17, 15) is 14.7 Å². The summed E-state index contributed by atoms with van der Waals surface area (Å²) in [6, 6.07) is 15.2. The Hall–Kier alpha value is -3.18. The summed E-state index contributed by atoms with van der Waals surface area (Å²) in [5, 5.41) is 20.4. The summed E-state index contributed by atoms with van der Waals surface area (Å²) in [7, 11) is 0. The van der Waals surface area contributed by atoms with Crippen molar-refractivity contribution in [2.45, 2.75) is 58.0 Å². The lowest BCUT2D eigenvalue weighted by molar-refractivity contribution is -0.0597. The Balaban J connectivity index is 1.51. The van der Waals surface area contributed by atoms with E-state index in [1.54, 1.807) is 22.5 Å². The number of nitrogens with zero attached hydrogens (tertiary/aromatic N) is 3. The summed E-state index contributed by atoms with van der Waals surface area (Å²) in [5.74, 6) is -0.278. The normalized spacial score (nSPS) is 17.9. The van der Waals surface area contributed by atoms with Crippen molar-refractivity contribution in [3.63, 3.8) is 0 Å². The summed E-state index contributed by atoms with van der Waals surface area (Å²) in [5.41, 5.74) is 4.45. The smallest absolute Gasteiger partial charge is 0.410 e. The molecule has 2 saturated heterocycles. The lowest BCUT2D eigenvalue weighted by Gasteiger charge is -2.39. The van der Waals surface area contributed by atoms with Gasteiger partial charge in [-0.25, -0.2) is 10.3 Å². The van der Waals surface area contributed by atoms with Gasteiger partial charge < -0.3 is 24.4 Å². The van der Waals surface area contributed by atoms with Crippen LogP contribution in [0.4, 0.5) is 10.5 Å². The molecule has 212 valence electrons. The van der Waals surface area contributed by atoms with Gasteiger partial charge in [0.15, 0.2) is 6.35 Å². The predicted octanol–water partition coefficient (Wildman–Crippen LogP) is 3.53. The number of aliphatic hydroxyl groups is 1. The van der Waals surface area contributed by atoms with Gasteiger partial charge in [0.2, 0.25) is 0 Å². The van der Waals surface area contributed by atoms with Crippen LogP contribution in [-0.2, 0) is 16.0 Å². The van der Waals surface area contributed by atoms with Crippen LogP contribution in [0.15, 0.2) is 48.5 Å². The lowest BCUT2D eigenvalue weighted by Crippen LogP contribution is -2.52. The van der Waals surface area contributed by atoms with Crippen LogP contribution in [-0.4, -0.2) is 83.5 Å². The highest BCUT2D eigenvalue weighted by atomic mass is 16.6. The Morgan fingerprint density at radius 1 is 1.08 bits per heavy atom. The van der Waals surface area contributed by atoms with Crippen molar-refractivity contribution in [2.75, 3.05) is 44.3 Å². The third-order valence-electron chi connectivity index (χ3n) is 7.14. The number of carbonyl (C=O) groups is 2. The first-order chi connectivity index (χ1) is 18.6. The first-order valence-corrected chi connectivity index (χ1v) is 13.5. The van der Waals surface area contributed by atoms with Crippen molar-refractivity contribution in [3.05, 3.63) is 65.2 Å². The number of amides is 2. The fourth-order valence-corrected chi connectivity index (χ4v) is 5.01. The second-order valence-corrected chi connectivity index (χ2v) is 11.1. The lowest BCUT2D eigenvalue weighted by atomic mass is 9.89. The highest BCUT2D eigenvalue weighted by Crippen LogP contribution is 2.32. The van der Waals surface area contributed by atoms with E-state index in [-0.39, 0.29) is 6.09 Å². The minimum atomic E-state index is -0.862. The number of ether oxygens (including phenoxy) is 2. The largest absolute Gasteiger partial charge is 0.444 e. The molecule has 0 bridgehead atoms. The minimum Gasteiger partial charge on any atom is -0.444 e. The van der Waals surface area contributed by atoms with Gasteiger partial charge in [-0.2, -0.15) is 0 Å². The summed E-state index contributed by atoms with van der Waals surface area (Å²) in [4.78, 5) is 29.9. The Morgan fingerprint density at radius 3 is 2.36 bits per heavy atom. The second-order valence-electron chi connectivity index (χ2n) is 11.1. The molecule has 0 aliphatic carbocycles. The standard InChI is InChI=1S/C29H40N4O6/c1-29(2,3)39-28(36)32-13-11-22(12-14-32)24-5-4-6-25(19-24)33(27(35)31-15-17-38-18-16-31)20-21-7-9-23(10-8-21)26(34)30-37/h4-10,19,22,27,35,37H,11-18,20H2,1-3H3,(H,30,34). The Kier molecular flexibility index (Phi) is 9.45. The molecule has 2 aromatic rings. The molecule has 0 spiro atoms. The molecule has 0 radical (unpaired) electrons. The summed E-state index contributed by atoms with van der Waals surface area (Å²) in [6.45, 7) is 9.68. The van der Waals surface area contributed by atoms with Crippen molar-refractivity contribution in [1.29, 1.82) is 0 Å². The third kappa shape index (κ3) is 7.69. The second kappa shape index (κ2) is 12.8. The Morgan fingerprint density at radius 2 is 1.74 bits per heavy atom. The molecule has 0 aromatic heterocycles. The molecule has 2 fully saturated rings. The van der Waals surface area contributed by atoms with Crippen molar-refractivity contribution in [3.8, 4) is 0 Å². The zero-order valence-electron chi connectivity index (χ0n) is 23.0. The molecule has 3 N–H and O–H groups in total. The fourth-order valence-electron chi connectivity index (χ4n) is 5.01. The molecule has 4 rings (SSSR count). The highest BCUT2D eigenvalue weighted by Gasteiger charge is 2.29. The van der Waals surface area contributed by atoms with E-state index in [1.165, 1.54) is 5.56 Å². The van der Waals surface area contributed by atoms with Gasteiger partial charge in [-0.3, -0.25) is 14.9 Å². The van der Waals surface area contributed by atoms with Gasteiger partial charge in [0, 0.05) is 44.0 Å². The molecular weight excluding hydrogens is 500 g/mol. The van der Waals surface area contributed by atoms with E-state index in [4.69, 9.17) is 14.7 Å². The molecule has 2 aliphatic rings. The van der Waals surface area contributed by atoms with Gasteiger partial charge in [0.05, 0.1) is 13.2 Å². The number of rotatable bonds is 7. The minimum absolute atomic E-state index is 0.267. The molecule has 2 heterocycles. The van der Waals surface area contributed by atoms with Gasteiger partial charge >= 0.3 is 6.09 Å². The average Bonchev–Trinajstić information content (AvgIpc) is 2.95. The van der Waals surface area contributed by atoms with Crippen LogP contribution >= 0.6 is 0 Å². The zero-order chi connectivity index (χ0) is 28.0. The molecule has 39 heavy (non-hydrogen) atoms. The van der Waals surface area contributed by atoms with Crippen molar-refractivity contribution in [1.82, 2.24) is 15.3 Å². The van der Waals surface area contributed by atoms with Crippen LogP contribution < -0.4 is 10.4 Å². The third-order valence-corrected chi connectivity index (χ3v) is 7.14. The van der Waals surface area contributed by atoms with Crippen molar-refractivity contribution >= 4 is 17.7 Å². The molecule has 2 amide bonds. The van der Waals surface area contributed by atoms with Crippen LogP contribution in [0, 0.1) is 0 Å². The number of piperidine rings is 1. The maximum absolute atomic E-state index is 12.5. The summed E-state index contributed by atoms with van der Waals surface area (Å²) in [6.07, 6.45) is 0.544. The average molecular weight is 541 g/mol. The number of hydrogen-bond donors (Lipinski definition) is 3. The number of hydrogen-bond acceptors (Lipinski definition) is 8. The highest BCUT2D eigenvalue weighted by molar-refractivity contribution is 5.93. The molecular formula is C29H40N4O6. The maximum atomic E-state index is 12.5. The van der Waals surface area contributed by atoms with Gasteiger partial charge in [0.25, 0.3) is 5.91 Å². The zero-order valence-corrected chi connectivity index (χ0v) is 23.0. The quantitative estimate of drug-likeness (QED) is 0.278. The fraction of sp³-hybridized carbons (Fsp3) is 0.517. The summed E-state index contributed by atoms with van der Waals surface area (Å²) >= 11 is 0. The topological polar surface area (TPSA) is 115 Å². The number of anilines is 1. The Labute approximate surface area is 230 Å². The molecule has 1 unspecified atom stereocenters. The van der Waals surface area contributed by atoms with E-state index in [1.807, 2.05) is 54.8 Å². The van der Waals surface area contributed by atoms with Crippen LogP contribution in [0.3, 0.4) is 0 Å². The van der Waals surface area contributed by atoms with E-state index in [2.05, 4.69) is 12.1 Å². The van der Waals surface area contributed by atoms with Gasteiger partial charge in [-0.15, -0.1) is 0 Å². The maximum Gasteiger partial charge on any atom is 0.410 e. The number of morpholine rings is 1. The molecule has 2 aromatic carbocycles. The Bertz CT molecular complexity index is 1110. The van der Waals surface area contributed by atoms with Gasteiger partial charge in [-0.05, 0) is 74.9 Å². The SMILES string of the molecule is CC(C)(C)OC(=O)N1CCC(c2cccc(N(Cc3ccc(C(=O)NO)cc3)C(O)N3CCOCC3)c2)CC1. The monoisotopic (exact) mass is 540 g/mol. The van der Waals surface area contributed by atoms with E-state index < -0.39 is 17.9 Å². The number of benzene rings is 2. The molecule has 2 aliphatic heterocycles. The van der Waals surface area contributed by atoms with Crippen LogP contribution in [0.5, 0.6) is 0 Å². The number of carbonyl (C=O) groups excluding carboxylic acids is 2. The van der Waals surface area contributed by atoms with Crippen LogP contribution in [0.2, 0.25) is 0 Å². The van der Waals surface area contributed by atoms with Crippen molar-refractivity contribution < 1.29 is 29.4 Å². The van der Waals surface area contributed by atoms with Crippen LogP contribution in [0.1, 0.15) is 61.0 Å². The first-order valence-electron chi connectivity index (χ1n) is 13.5. The molecule has 0 saturated carbocycles.